The van der Waals surface area contributed by atoms with Crippen molar-refractivity contribution < 1.29 is 0 Å². The van der Waals surface area contributed by atoms with Crippen LogP contribution in [0.4, 0.5) is 0 Å². The van der Waals surface area contributed by atoms with Crippen LogP contribution in [0.3, 0.4) is 0 Å². The van der Waals surface area contributed by atoms with Crippen LogP contribution in [-0.4, -0.2) is 46.1 Å². The molecule has 0 aromatic heterocycles. The Balaban J connectivity index is 0.680. The highest BCUT2D eigenvalue weighted by Crippen LogP contribution is 2.59. The topological polar surface area (TPSA) is 6.48 Å². The Morgan fingerprint density at radius 1 is 0.162 bits per heavy atom. The van der Waals surface area contributed by atoms with Gasteiger partial charge >= 0.3 is 0 Å². The second kappa shape index (κ2) is 21.6. The zero-order valence-electron chi connectivity index (χ0n) is 44.7. The molecule has 16 atom stereocenters. The molecule has 0 bridgehead atoms. The van der Waals surface area contributed by atoms with Crippen LogP contribution in [-0.2, 0) is 0 Å². The SMILES string of the molecule is C1CCC(C2CCCC(C3CCCC(N4C5CCCCC5C5CCC(C6CCC7C8CCCCC8N(C8CCC(C9CC(C%10CCCCC%10)CC(C%10CCCCC%10)C9)CC8)C7C6)CC54)C3)C2)CC1. The summed E-state index contributed by atoms with van der Waals surface area (Å²) in [5.41, 5.74) is 0. The summed E-state index contributed by atoms with van der Waals surface area (Å²) in [5, 5.41) is 0. The maximum absolute atomic E-state index is 3.45. The third-order valence-electron chi connectivity index (χ3n) is 26.8. The summed E-state index contributed by atoms with van der Waals surface area (Å²) in [7, 11) is 0. The van der Waals surface area contributed by atoms with Crippen LogP contribution < -0.4 is 0 Å². The molecule has 0 aromatic rings. The minimum absolute atomic E-state index is 0.933. The highest BCUT2D eigenvalue weighted by Gasteiger charge is 2.57. The molecule has 0 amide bonds. The van der Waals surface area contributed by atoms with Gasteiger partial charge < -0.3 is 0 Å². The lowest BCUT2D eigenvalue weighted by molar-refractivity contribution is -0.000791. The zero-order chi connectivity index (χ0) is 45.0. The first-order valence-electron chi connectivity index (χ1n) is 33.2. The number of hydrogen-bond acceptors (Lipinski definition) is 2. The van der Waals surface area contributed by atoms with E-state index in [9.17, 15) is 0 Å². The molecule has 68 heavy (non-hydrogen) atoms. The molecule has 16 unspecified atom stereocenters. The molecule has 0 radical (unpaired) electrons. The molecular formula is C66H110N2. The second-order valence-electron chi connectivity index (χ2n) is 29.6. The summed E-state index contributed by atoms with van der Waals surface area (Å²) >= 11 is 0. The van der Waals surface area contributed by atoms with Crippen molar-refractivity contribution in [2.75, 3.05) is 0 Å². The highest BCUT2D eigenvalue weighted by molar-refractivity contribution is 5.10. The predicted molar refractivity (Wildman–Crippen MR) is 285 cm³/mol. The largest absolute Gasteiger partial charge is 0.294 e. The van der Waals surface area contributed by atoms with Crippen molar-refractivity contribution >= 4 is 0 Å². The molecule has 2 heteroatoms. The molecule has 2 heterocycles. The summed E-state index contributed by atoms with van der Waals surface area (Å²) in [6.45, 7) is 0. The number of likely N-dealkylation sites (tertiary alicyclic amines) is 2. The standard InChI is InChI=1S/C66H110N2/c1-4-16-45(17-5-1)49-22-14-23-50(38-49)51-24-15-25-58(42-51)68-64-29-13-11-27-60(64)62-37-33-53(44-66(62)68)52-32-36-61-59-26-10-12-28-63(59)67(65(61)43-52)57-34-30-48(31-35-57)56-40-54(46-18-6-2-7-19-46)39-55(41-56)47-20-8-3-9-21-47/h45-66H,1-44H2. The van der Waals surface area contributed by atoms with Crippen molar-refractivity contribution in [2.24, 2.45) is 94.7 Å². The van der Waals surface area contributed by atoms with E-state index in [1.807, 2.05) is 0 Å². The Bertz CT molecular complexity index is 1550. The highest BCUT2D eigenvalue weighted by atomic mass is 15.3. The molecule has 13 aliphatic rings. The van der Waals surface area contributed by atoms with Crippen LogP contribution in [0.5, 0.6) is 0 Å². The minimum atomic E-state index is 0.933. The van der Waals surface area contributed by atoms with Gasteiger partial charge in [-0.05, 0) is 223 Å². The molecule has 2 saturated heterocycles. The average Bonchev–Trinajstić information content (AvgIpc) is 3.94. The van der Waals surface area contributed by atoms with Gasteiger partial charge in [-0.15, -0.1) is 0 Å². The Hall–Kier alpha value is -0.0800. The summed E-state index contributed by atoms with van der Waals surface area (Å²) in [5.74, 6) is 17.2. The van der Waals surface area contributed by atoms with Crippen molar-refractivity contribution in [3.63, 3.8) is 0 Å². The van der Waals surface area contributed by atoms with Crippen molar-refractivity contribution in [1.29, 1.82) is 0 Å². The second-order valence-corrected chi connectivity index (χ2v) is 29.6. The number of fused-ring (bicyclic) bond motifs is 6. The maximum Gasteiger partial charge on any atom is 0.0135 e. The fourth-order valence-electron chi connectivity index (χ4n) is 23.9. The van der Waals surface area contributed by atoms with Crippen LogP contribution in [0.1, 0.15) is 283 Å². The van der Waals surface area contributed by atoms with Crippen LogP contribution in [0.15, 0.2) is 0 Å². The number of nitrogens with zero attached hydrogens (tertiary/aromatic N) is 2. The van der Waals surface area contributed by atoms with E-state index in [2.05, 4.69) is 9.80 Å². The average molecular weight is 932 g/mol. The lowest BCUT2D eigenvalue weighted by atomic mass is 9.59. The first-order valence-corrected chi connectivity index (χ1v) is 33.2. The van der Waals surface area contributed by atoms with Crippen molar-refractivity contribution in [2.45, 2.75) is 319 Å². The molecule has 0 aromatic carbocycles. The van der Waals surface area contributed by atoms with Gasteiger partial charge in [0.15, 0.2) is 0 Å². The first kappa shape index (κ1) is 47.6. The predicted octanol–water partition coefficient (Wildman–Crippen LogP) is 18.0. The van der Waals surface area contributed by atoms with E-state index in [-0.39, 0.29) is 0 Å². The molecule has 384 valence electrons. The third kappa shape index (κ3) is 9.62. The normalized spacial score (nSPS) is 49.7. The van der Waals surface area contributed by atoms with Gasteiger partial charge in [0, 0.05) is 36.3 Å². The Labute approximate surface area is 421 Å². The van der Waals surface area contributed by atoms with Gasteiger partial charge in [0.2, 0.25) is 0 Å². The molecule has 11 saturated carbocycles. The Morgan fingerprint density at radius 2 is 0.485 bits per heavy atom. The molecule has 13 rings (SSSR count). The summed E-state index contributed by atoms with van der Waals surface area (Å²) in [6, 6.07) is 5.71. The van der Waals surface area contributed by atoms with Gasteiger partial charge in [0.1, 0.15) is 0 Å². The zero-order valence-corrected chi connectivity index (χ0v) is 44.7. The quantitative estimate of drug-likeness (QED) is 0.239. The lowest BCUT2D eigenvalue weighted by Crippen LogP contribution is -2.51. The fraction of sp³-hybridized carbons (Fsp3) is 1.00. The maximum atomic E-state index is 3.45. The molecule has 11 aliphatic carbocycles. The van der Waals surface area contributed by atoms with E-state index < -0.39 is 0 Å². The van der Waals surface area contributed by atoms with Gasteiger partial charge in [0.25, 0.3) is 0 Å². The molecule has 0 spiro atoms. The van der Waals surface area contributed by atoms with Gasteiger partial charge in [0.05, 0.1) is 0 Å². The van der Waals surface area contributed by atoms with Crippen LogP contribution in [0, 0.1) is 94.7 Å². The monoisotopic (exact) mass is 931 g/mol. The van der Waals surface area contributed by atoms with Crippen molar-refractivity contribution in [1.82, 2.24) is 9.80 Å². The number of rotatable bonds is 8. The van der Waals surface area contributed by atoms with Gasteiger partial charge in [-0.25, -0.2) is 0 Å². The summed E-state index contributed by atoms with van der Waals surface area (Å²) in [6.07, 6.45) is 69.6. The molecule has 0 N–H and O–H groups in total. The van der Waals surface area contributed by atoms with Gasteiger partial charge in [-0.3, -0.25) is 9.80 Å². The van der Waals surface area contributed by atoms with E-state index in [0.29, 0.717) is 0 Å². The van der Waals surface area contributed by atoms with E-state index in [1.54, 1.807) is 250 Å². The molecule has 2 aliphatic heterocycles. The molecular weight excluding hydrogens is 821 g/mol. The van der Waals surface area contributed by atoms with Crippen LogP contribution in [0.25, 0.3) is 0 Å². The number of hydrogen-bond donors (Lipinski definition) is 0. The Morgan fingerprint density at radius 3 is 1.00 bits per heavy atom. The minimum Gasteiger partial charge on any atom is -0.294 e. The Kier molecular flexibility index (Phi) is 15.2. The molecule has 2 nitrogen and oxygen atoms in total. The van der Waals surface area contributed by atoms with Gasteiger partial charge in [-0.1, -0.05) is 154 Å². The first-order chi connectivity index (χ1) is 33.7. The smallest absolute Gasteiger partial charge is 0.0135 e. The summed E-state index contributed by atoms with van der Waals surface area (Å²) in [4.78, 5) is 6.90. The van der Waals surface area contributed by atoms with Gasteiger partial charge in [-0.2, -0.15) is 0 Å². The van der Waals surface area contributed by atoms with E-state index >= 15 is 0 Å². The van der Waals surface area contributed by atoms with E-state index in [0.717, 1.165) is 131 Å². The summed E-state index contributed by atoms with van der Waals surface area (Å²) < 4.78 is 0. The van der Waals surface area contributed by atoms with Crippen molar-refractivity contribution in [3.8, 4) is 0 Å². The fourth-order valence-corrected chi connectivity index (χ4v) is 23.9. The van der Waals surface area contributed by atoms with Crippen LogP contribution >= 0.6 is 0 Å². The van der Waals surface area contributed by atoms with Crippen LogP contribution in [0.2, 0.25) is 0 Å². The lowest BCUT2D eigenvalue weighted by Gasteiger charge is -2.50. The molecule has 13 fully saturated rings. The van der Waals surface area contributed by atoms with Crippen molar-refractivity contribution in [3.05, 3.63) is 0 Å². The van der Waals surface area contributed by atoms with E-state index in [4.69, 9.17) is 0 Å². The third-order valence-corrected chi connectivity index (χ3v) is 26.8. The van der Waals surface area contributed by atoms with E-state index in [1.165, 1.54) is 32.1 Å².